The first-order chi connectivity index (χ1) is 13.0. The Hall–Kier alpha value is -3.01. The summed E-state index contributed by atoms with van der Waals surface area (Å²) in [6.07, 6.45) is 4.55. The molecule has 0 aliphatic heterocycles. The molecule has 2 aromatic rings. The van der Waals surface area contributed by atoms with Crippen molar-refractivity contribution in [2.75, 3.05) is 0 Å². The summed E-state index contributed by atoms with van der Waals surface area (Å²) in [5.74, 6) is 0.636. The molecule has 0 aromatic heterocycles. The Morgan fingerprint density at radius 3 is 2.48 bits per heavy atom. The summed E-state index contributed by atoms with van der Waals surface area (Å²) in [7, 11) is 0. The van der Waals surface area contributed by atoms with Gasteiger partial charge in [0.1, 0.15) is 12.4 Å². The van der Waals surface area contributed by atoms with Gasteiger partial charge in [-0.15, -0.1) is 0 Å². The van der Waals surface area contributed by atoms with E-state index in [-0.39, 0.29) is 5.91 Å². The van der Waals surface area contributed by atoms with Gasteiger partial charge >= 0.3 is 0 Å². The zero-order valence-electron chi connectivity index (χ0n) is 16.3. The third-order valence-electron chi connectivity index (χ3n) is 4.22. The maximum atomic E-state index is 12.3. The second-order valence-corrected chi connectivity index (χ2v) is 6.45. The van der Waals surface area contributed by atoms with Crippen LogP contribution in [0.15, 0.2) is 72.0 Å². The van der Waals surface area contributed by atoms with Crippen molar-refractivity contribution in [3.05, 3.63) is 88.6 Å². The summed E-state index contributed by atoms with van der Waals surface area (Å²) in [5.41, 5.74) is 10.2. The molecule has 142 valence electrons. The summed E-state index contributed by atoms with van der Waals surface area (Å²) in [6.45, 7) is 6.80. The van der Waals surface area contributed by atoms with Crippen LogP contribution in [0.25, 0.3) is 0 Å². The van der Waals surface area contributed by atoms with Crippen molar-refractivity contribution in [3.8, 4) is 5.75 Å². The number of benzene rings is 2. The summed E-state index contributed by atoms with van der Waals surface area (Å²) in [5, 5.41) is 2.91. The van der Waals surface area contributed by atoms with E-state index in [9.17, 15) is 4.79 Å². The zero-order valence-corrected chi connectivity index (χ0v) is 16.3. The Kier molecular flexibility index (Phi) is 7.68. The number of hydrogen-bond donors (Lipinski definition) is 2. The number of nitrogens with two attached hydrogens (primary N) is 1. The van der Waals surface area contributed by atoms with E-state index in [0.717, 1.165) is 17.7 Å². The molecule has 0 aliphatic rings. The van der Waals surface area contributed by atoms with Crippen LogP contribution in [0, 0.1) is 6.92 Å². The van der Waals surface area contributed by atoms with Gasteiger partial charge in [0.25, 0.3) is 5.91 Å². The molecular weight excluding hydrogens is 336 g/mol. The molecule has 4 heteroatoms. The highest BCUT2D eigenvalue weighted by atomic mass is 16.5. The topological polar surface area (TPSA) is 64.3 Å². The second-order valence-electron chi connectivity index (χ2n) is 6.45. The smallest absolute Gasteiger partial charge is 0.253 e. The summed E-state index contributed by atoms with van der Waals surface area (Å²) in [6, 6.07) is 15.9. The lowest BCUT2D eigenvalue weighted by molar-refractivity contribution is -0.117. The lowest BCUT2D eigenvalue weighted by Crippen LogP contribution is -2.25. The molecule has 0 bridgehead atoms. The number of nitrogens with one attached hydrogen (secondary N) is 1. The van der Waals surface area contributed by atoms with Gasteiger partial charge in [-0.25, -0.2) is 0 Å². The Balaban J connectivity index is 1.90. The van der Waals surface area contributed by atoms with Crippen LogP contribution in [0.5, 0.6) is 5.75 Å². The molecule has 0 heterocycles. The van der Waals surface area contributed by atoms with Crippen LogP contribution in [0.4, 0.5) is 0 Å². The van der Waals surface area contributed by atoms with Gasteiger partial charge < -0.3 is 15.8 Å². The molecular formula is C23H28N2O2. The molecule has 1 amide bonds. The minimum Gasteiger partial charge on any atom is -0.489 e. The molecule has 0 aliphatic carbocycles. The maximum Gasteiger partial charge on any atom is 0.253 e. The zero-order chi connectivity index (χ0) is 19.6. The van der Waals surface area contributed by atoms with E-state index in [4.69, 9.17) is 10.5 Å². The Morgan fingerprint density at radius 2 is 1.85 bits per heavy atom. The van der Waals surface area contributed by atoms with Crippen molar-refractivity contribution >= 4 is 5.91 Å². The highest BCUT2D eigenvalue weighted by Gasteiger charge is 2.08. The number of ether oxygens (including phenoxy) is 1. The number of rotatable bonds is 8. The van der Waals surface area contributed by atoms with Gasteiger partial charge in [0.2, 0.25) is 0 Å². The van der Waals surface area contributed by atoms with Crippen LogP contribution in [0.2, 0.25) is 0 Å². The van der Waals surface area contributed by atoms with Crippen LogP contribution < -0.4 is 15.8 Å². The number of carbonyl (C=O) groups excluding carboxylic acids is 1. The molecule has 0 radical (unpaired) electrons. The first-order valence-corrected chi connectivity index (χ1v) is 9.18. The van der Waals surface area contributed by atoms with E-state index in [0.29, 0.717) is 24.4 Å². The summed E-state index contributed by atoms with van der Waals surface area (Å²) >= 11 is 0. The Labute approximate surface area is 161 Å². The maximum absolute atomic E-state index is 12.3. The molecule has 27 heavy (non-hydrogen) atoms. The molecule has 0 saturated carbocycles. The Bertz CT molecular complexity index is 817. The average Bonchev–Trinajstić information content (AvgIpc) is 2.66. The van der Waals surface area contributed by atoms with Crippen molar-refractivity contribution in [3.63, 3.8) is 0 Å². The fourth-order valence-corrected chi connectivity index (χ4v) is 2.54. The molecule has 4 nitrogen and oxygen atoms in total. The van der Waals surface area contributed by atoms with Gasteiger partial charge in [0, 0.05) is 12.2 Å². The minimum absolute atomic E-state index is 0.167. The van der Waals surface area contributed by atoms with E-state index < -0.39 is 0 Å². The van der Waals surface area contributed by atoms with Crippen molar-refractivity contribution in [2.24, 2.45) is 5.73 Å². The van der Waals surface area contributed by atoms with Crippen molar-refractivity contribution < 1.29 is 9.53 Å². The predicted molar refractivity (Wildman–Crippen MR) is 110 cm³/mol. The number of allylic oxidation sites excluding steroid dienone is 2. The number of amides is 1. The largest absolute Gasteiger partial charge is 0.489 e. The van der Waals surface area contributed by atoms with Crippen molar-refractivity contribution in [1.82, 2.24) is 5.32 Å². The van der Waals surface area contributed by atoms with Crippen LogP contribution in [0.1, 0.15) is 37.0 Å². The molecule has 3 N–H and O–H groups in total. The molecule has 0 unspecified atom stereocenters. The summed E-state index contributed by atoms with van der Waals surface area (Å²) < 4.78 is 5.85. The Morgan fingerprint density at radius 1 is 1.15 bits per heavy atom. The predicted octanol–water partition coefficient (Wildman–Crippen LogP) is 4.39. The minimum atomic E-state index is -0.167. The number of carbonyl (C=O) groups is 1. The van der Waals surface area contributed by atoms with E-state index >= 15 is 0 Å². The molecule has 2 aromatic carbocycles. The molecule has 0 atom stereocenters. The van der Waals surface area contributed by atoms with Crippen LogP contribution in [-0.2, 0) is 17.9 Å². The number of hydrogen-bond acceptors (Lipinski definition) is 3. The normalized spacial score (nSPS) is 12.0. The number of aryl methyl sites for hydroxylation is 1. The van der Waals surface area contributed by atoms with Crippen LogP contribution >= 0.6 is 0 Å². The van der Waals surface area contributed by atoms with Crippen molar-refractivity contribution in [2.45, 2.75) is 40.3 Å². The second kappa shape index (κ2) is 10.2. The first-order valence-electron chi connectivity index (χ1n) is 9.18. The molecule has 0 fully saturated rings. The lowest BCUT2D eigenvalue weighted by atomic mass is 10.1. The highest BCUT2D eigenvalue weighted by Crippen LogP contribution is 2.16. The lowest BCUT2D eigenvalue weighted by Gasteiger charge is -2.10. The molecule has 2 rings (SSSR count). The SMILES string of the molecule is CC/C=C\C(C(=O)NCc1ccc(OCc2ccccc2C)cc1)=C(/C)N. The van der Waals surface area contributed by atoms with E-state index in [1.54, 1.807) is 13.0 Å². The van der Waals surface area contributed by atoms with Gasteiger partial charge in [0.15, 0.2) is 0 Å². The quantitative estimate of drug-likeness (QED) is 0.539. The van der Waals surface area contributed by atoms with Gasteiger partial charge in [-0.1, -0.05) is 55.5 Å². The van der Waals surface area contributed by atoms with Crippen molar-refractivity contribution in [1.29, 1.82) is 0 Å². The van der Waals surface area contributed by atoms with Crippen LogP contribution in [-0.4, -0.2) is 5.91 Å². The van der Waals surface area contributed by atoms with Gasteiger partial charge in [-0.2, -0.15) is 0 Å². The van der Waals surface area contributed by atoms with E-state index in [1.165, 1.54) is 11.1 Å². The average molecular weight is 364 g/mol. The standard InChI is InChI=1S/C23H28N2O2/c1-4-5-10-22(18(3)24)23(26)25-15-19-11-13-21(14-12-19)27-16-20-9-7-6-8-17(20)2/h5-14H,4,15-16,24H2,1-3H3,(H,25,26)/b10-5-,22-18-. The van der Waals surface area contributed by atoms with Gasteiger partial charge in [-0.05, 0) is 49.1 Å². The third kappa shape index (κ3) is 6.33. The highest BCUT2D eigenvalue weighted by molar-refractivity contribution is 5.96. The van der Waals surface area contributed by atoms with Gasteiger partial charge in [-0.3, -0.25) is 4.79 Å². The van der Waals surface area contributed by atoms with E-state index in [2.05, 4.69) is 24.4 Å². The summed E-state index contributed by atoms with van der Waals surface area (Å²) in [4.78, 5) is 12.3. The molecule has 0 spiro atoms. The monoisotopic (exact) mass is 364 g/mol. The van der Waals surface area contributed by atoms with Gasteiger partial charge in [0.05, 0.1) is 5.57 Å². The third-order valence-corrected chi connectivity index (χ3v) is 4.22. The fraction of sp³-hybridized carbons (Fsp3) is 0.261. The molecule has 0 saturated heterocycles. The van der Waals surface area contributed by atoms with Crippen LogP contribution in [0.3, 0.4) is 0 Å². The van der Waals surface area contributed by atoms with E-state index in [1.807, 2.05) is 49.4 Å². The first kappa shape index (κ1) is 20.3. The fourth-order valence-electron chi connectivity index (χ4n) is 2.54.